The quantitative estimate of drug-likeness (QED) is 0.812. The second kappa shape index (κ2) is 4.13. The molecule has 2 N–H and O–H groups in total. The number of rotatable bonds is 2. The van der Waals surface area contributed by atoms with E-state index in [0.717, 1.165) is 20.5 Å². The molecule has 4 heteroatoms. The number of hydrogen-bond donors (Lipinski definition) is 1. The van der Waals surface area contributed by atoms with E-state index >= 15 is 0 Å². The third-order valence-electron chi connectivity index (χ3n) is 2.10. The van der Waals surface area contributed by atoms with Gasteiger partial charge in [-0.05, 0) is 24.3 Å². The number of thiophene rings is 1. The Balaban J connectivity index is 2.45. The van der Waals surface area contributed by atoms with E-state index in [1.54, 1.807) is 7.11 Å². The van der Waals surface area contributed by atoms with Crippen LogP contribution in [0.1, 0.15) is 0 Å². The lowest BCUT2D eigenvalue weighted by Crippen LogP contribution is -1.90. The molecule has 1 aromatic heterocycles. The Bertz CT molecular complexity index is 481. The van der Waals surface area contributed by atoms with Crippen LogP contribution in [0, 0.1) is 0 Å². The van der Waals surface area contributed by atoms with Crippen molar-refractivity contribution in [2.75, 3.05) is 12.8 Å². The Morgan fingerprint density at radius 3 is 2.60 bits per heavy atom. The average Bonchev–Trinajstić information content (AvgIpc) is 2.64. The van der Waals surface area contributed by atoms with Gasteiger partial charge in [-0.1, -0.05) is 11.6 Å². The molecule has 0 aliphatic rings. The highest BCUT2D eigenvalue weighted by Crippen LogP contribution is 2.35. The number of methoxy groups -OCH3 is 1. The lowest BCUT2D eigenvalue weighted by molar-refractivity contribution is 0.415. The predicted octanol–water partition coefficient (Wildman–Crippen LogP) is 3.66. The number of benzene rings is 1. The summed E-state index contributed by atoms with van der Waals surface area (Å²) in [6.07, 6.45) is 0. The van der Waals surface area contributed by atoms with Crippen molar-refractivity contribution >= 4 is 28.6 Å². The molecule has 0 aliphatic heterocycles. The second-order valence-electron chi connectivity index (χ2n) is 3.06. The third kappa shape index (κ3) is 2.08. The first-order valence-corrected chi connectivity index (χ1v) is 5.59. The Morgan fingerprint density at radius 2 is 2.07 bits per heavy atom. The fourth-order valence-electron chi connectivity index (χ4n) is 1.35. The van der Waals surface area contributed by atoms with Gasteiger partial charge in [-0.3, -0.25) is 0 Å². The predicted molar refractivity (Wildman–Crippen MR) is 65.7 cm³/mol. The van der Waals surface area contributed by atoms with Crippen LogP contribution in [0.5, 0.6) is 5.75 Å². The van der Waals surface area contributed by atoms with E-state index in [1.165, 1.54) is 11.3 Å². The van der Waals surface area contributed by atoms with Gasteiger partial charge in [0, 0.05) is 22.2 Å². The number of nitrogens with two attached hydrogens (primary N) is 1. The number of nitrogen functional groups attached to an aromatic ring is 1. The minimum atomic E-state index is 0.702. The second-order valence-corrected chi connectivity index (χ2v) is 4.77. The molecule has 1 aromatic carbocycles. The molecule has 0 spiro atoms. The van der Waals surface area contributed by atoms with Crippen molar-refractivity contribution in [2.45, 2.75) is 0 Å². The zero-order valence-corrected chi connectivity index (χ0v) is 9.73. The highest BCUT2D eigenvalue weighted by Gasteiger charge is 2.06. The van der Waals surface area contributed by atoms with E-state index in [-0.39, 0.29) is 0 Å². The molecule has 0 radical (unpaired) electrons. The Labute approximate surface area is 97.3 Å². The van der Waals surface area contributed by atoms with Gasteiger partial charge in [-0.2, -0.15) is 0 Å². The van der Waals surface area contributed by atoms with E-state index in [0.29, 0.717) is 5.69 Å². The van der Waals surface area contributed by atoms with Crippen LogP contribution in [0.3, 0.4) is 0 Å². The van der Waals surface area contributed by atoms with Gasteiger partial charge in [0.1, 0.15) is 5.75 Å². The van der Waals surface area contributed by atoms with Crippen LogP contribution in [-0.4, -0.2) is 7.11 Å². The van der Waals surface area contributed by atoms with E-state index in [4.69, 9.17) is 22.1 Å². The molecule has 78 valence electrons. The van der Waals surface area contributed by atoms with Crippen LogP contribution in [0.25, 0.3) is 10.4 Å². The zero-order chi connectivity index (χ0) is 10.8. The van der Waals surface area contributed by atoms with Crippen LogP contribution in [-0.2, 0) is 0 Å². The lowest BCUT2D eigenvalue weighted by atomic mass is 10.1. The molecule has 0 bridgehead atoms. The molecule has 0 atom stereocenters. The molecule has 0 unspecified atom stereocenters. The van der Waals surface area contributed by atoms with Crippen molar-refractivity contribution in [3.05, 3.63) is 34.7 Å². The van der Waals surface area contributed by atoms with Gasteiger partial charge in [0.05, 0.1) is 11.4 Å². The molecule has 0 fully saturated rings. The van der Waals surface area contributed by atoms with Gasteiger partial charge < -0.3 is 10.5 Å². The highest BCUT2D eigenvalue weighted by molar-refractivity contribution is 7.19. The molecule has 0 saturated carbocycles. The highest BCUT2D eigenvalue weighted by atomic mass is 35.5. The van der Waals surface area contributed by atoms with Crippen molar-refractivity contribution in [1.82, 2.24) is 0 Å². The first-order valence-electron chi connectivity index (χ1n) is 4.40. The molecular weight excluding hydrogens is 230 g/mol. The van der Waals surface area contributed by atoms with Gasteiger partial charge in [0.2, 0.25) is 0 Å². The van der Waals surface area contributed by atoms with Gasteiger partial charge in [-0.25, -0.2) is 0 Å². The van der Waals surface area contributed by atoms with E-state index in [2.05, 4.69) is 0 Å². The lowest BCUT2D eigenvalue weighted by Gasteiger charge is -2.05. The van der Waals surface area contributed by atoms with Gasteiger partial charge in [0.15, 0.2) is 0 Å². The summed E-state index contributed by atoms with van der Waals surface area (Å²) in [7, 11) is 1.62. The van der Waals surface area contributed by atoms with Crippen LogP contribution < -0.4 is 10.5 Å². The van der Waals surface area contributed by atoms with Gasteiger partial charge in [-0.15, -0.1) is 11.3 Å². The minimum absolute atomic E-state index is 0.702. The monoisotopic (exact) mass is 239 g/mol. The number of halogens is 1. The fraction of sp³-hybridized carbons (Fsp3) is 0.0909. The van der Waals surface area contributed by atoms with Crippen molar-refractivity contribution in [2.24, 2.45) is 0 Å². The SMILES string of the molecule is COc1ccc(-c2ccc(Cl)s2)c(N)c1. The molecule has 15 heavy (non-hydrogen) atoms. The maximum Gasteiger partial charge on any atom is 0.120 e. The van der Waals surface area contributed by atoms with Crippen molar-refractivity contribution in [1.29, 1.82) is 0 Å². The number of anilines is 1. The van der Waals surface area contributed by atoms with Crippen LogP contribution >= 0.6 is 22.9 Å². The molecule has 0 saturated heterocycles. The topological polar surface area (TPSA) is 35.2 Å². The van der Waals surface area contributed by atoms with Gasteiger partial charge in [0.25, 0.3) is 0 Å². The molecule has 0 amide bonds. The molecule has 0 aliphatic carbocycles. The maximum absolute atomic E-state index is 5.92. The van der Waals surface area contributed by atoms with Crippen LogP contribution in [0.15, 0.2) is 30.3 Å². The van der Waals surface area contributed by atoms with E-state index < -0.39 is 0 Å². The summed E-state index contributed by atoms with van der Waals surface area (Å²) in [4.78, 5) is 1.07. The zero-order valence-electron chi connectivity index (χ0n) is 8.16. The van der Waals surface area contributed by atoms with Crippen molar-refractivity contribution in [3.63, 3.8) is 0 Å². The summed E-state index contributed by atoms with van der Waals surface area (Å²) in [6.45, 7) is 0. The summed E-state index contributed by atoms with van der Waals surface area (Å²) >= 11 is 7.39. The smallest absolute Gasteiger partial charge is 0.120 e. The van der Waals surface area contributed by atoms with E-state index in [9.17, 15) is 0 Å². The van der Waals surface area contributed by atoms with Crippen LogP contribution in [0.4, 0.5) is 5.69 Å². The Kier molecular flexibility index (Phi) is 2.84. The Morgan fingerprint density at radius 1 is 1.27 bits per heavy atom. The normalized spacial score (nSPS) is 10.3. The summed E-state index contributed by atoms with van der Waals surface area (Å²) in [5.41, 5.74) is 7.62. The summed E-state index contributed by atoms with van der Waals surface area (Å²) < 4.78 is 5.85. The average molecular weight is 240 g/mol. The van der Waals surface area contributed by atoms with Gasteiger partial charge >= 0.3 is 0 Å². The van der Waals surface area contributed by atoms with Crippen molar-refractivity contribution in [3.8, 4) is 16.2 Å². The largest absolute Gasteiger partial charge is 0.497 e. The summed E-state index contributed by atoms with van der Waals surface area (Å²) in [5.74, 6) is 0.763. The molecule has 2 nitrogen and oxygen atoms in total. The minimum Gasteiger partial charge on any atom is -0.497 e. The standard InChI is InChI=1S/C11H10ClNOS/c1-14-7-2-3-8(9(13)6-7)10-4-5-11(12)15-10/h2-6H,13H2,1H3. The summed E-state index contributed by atoms with van der Waals surface area (Å²) in [5, 5.41) is 0. The van der Waals surface area contributed by atoms with E-state index in [1.807, 2.05) is 30.3 Å². The molecule has 1 heterocycles. The molecule has 2 rings (SSSR count). The fourth-order valence-corrected chi connectivity index (χ4v) is 2.44. The third-order valence-corrected chi connectivity index (χ3v) is 3.36. The number of hydrogen-bond acceptors (Lipinski definition) is 3. The number of ether oxygens (including phenoxy) is 1. The first-order chi connectivity index (χ1) is 7.20. The first kappa shape index (κ1) is 10.3. The maximum atomic E-state index is 5.92. The van der Waals surface area contributed by atoms with Crippen LogP contribution in [0.2, 0.25) is 4.34 Å². The summed E-state index contributed by atoms with van der Waals surface area (Å²) in [6, 6.07) is 9.47. The molecule has 2 aromatic rings. The van der Waals surface area contributed by atoms with Crippen molar-refractivity contribution < 1.29 is 4.74 Å². The molecular formula is C11H10ClNOS. The Hall–Kier alpha value is -1.19.